The molecule has 0 spiro atoms. The molecule has 1 aromatic heterocycles. The summed E-state index contributed by atoms with van der Waals surface area (Å²) in [6, 6.07) is 3.92. The van der Waals surface area contributed by atoms with E-state index < -0.39 is 0 Å². The van der Waals surface area contributed by atoms with Crippen molar-refractivity contribution in [3.8, 4) is 0 Å². The summed E-state index contributed by atoms with van der Waals surface area (Å²) in [5.74, 6) is 5.03. The lowest BCUT2D eigenvalue weighted by atomic mass is 10.1. The van der Waals surface area contributed by atoms with E-state index in [9.17, 15) is 9.59 Å². The molecule has 2 aliphatic heterocycles. The third-order valence-electron chi connectivity index (χ3n) is 4.18. The maximum Gasteiger partial charge on any atom is 0.266 e. The molecule has 21 heavy (non-hydrogen) atoms. The van der Waals surface area contributed by atoms with E-state index in [1.54, 1.807) is 6.07 Å². The Kier molecular flexibility index (Phi) is 3.85. The Balaban J connectivity index is 1.60. The Morgan fingerprint density at radius 3 is 3.00 bits per heavy atom. The van der Waals surface area contributed by atoms with Crippen molar-refractivity contribution in [1.29, 1.82) is 0 Å². The second-order valence-corrected chi connectivity index (χ2v) is 5.53. The molecule has 3 N–H and O–H groups in total. The van der Waals surface area contributed by atoms with Gasteiger partial charge in [-0.2, -0.15) is 0 Å². The first-order valence-electron chi connectivity index (χ1n) is 7.15. The van der Waals surface area contributed by atoms with Gasteiger partial charge in [0.2, 0.25) is 5.91 Å². The number of aromatic nitrogens is 1. The molecule has 2 fully saturated rings. The monoisotopic (exact) mass is 289 g/mol. The standard InChI is InChI=1S/C14H19N5O2/c15-17-14(21)10-1-2-11(16-7-10)8-18-5-6-19-12(9-18)3-4-13(19)20/h1-2,7,12H,3-6,8-9,15H2,(H,17,21). The SMILES string of the molecule is NNC(=O)c1ccc(CN2CCN3C(=O)CCC3C2)nc1. The summed E-state index contributed by atoms with van der Waals surface area (Å²) in [6.07, 6.45) is 3.17. The Labute approximate surface area is 123 Å². The first kappa shape index (κ1) is 14.0. The number of nitrogens with two attached hydrogens (primary N) is 1. The van der Waals surface area contributed by atoms with Crippen LogP contribution in [0.3, 0.4) is 0 Å². The van der Waals surface area contributed by atoms with Crippen molar-refractivity contribution in [2.75, 3.05) is 19.6 Å². The number of rotatable bonds is 3. The molecule has 2 saturated heterocycles. The highest BCUT2D eigenvalue weighted by molar-refractivity contribution is 5.93. The lowest BCUT2D eigenvalue weighted by Crippen LogP contribution is -2.51. The van der Waals surface area contributed by atoms with Crippen molar-refractivity contribution in [2.24, 2.45) is 5.84 Å². The van der Waals surface area contributed by atoms with E-state index in [4.69, 9.17) is 5.84 Å². The number of piperazine rings is 1. The van der Waals surface area contributed by atoms with Crippen LogP contribution in [0.5, 0.6) is 0 Å². The number of carbonyl (C=O) groups excluding carboxylic acids is 2. The summed E-state index contributed by atoms with van der Waals surface area (Å²) in [5, 5.41) is 0. The molecule has 3 heterocycles. The maximum absolute atomic E-state index is 11.7. The van der Waals surface area contributed by atoms with Gasteiger partial charge in [0.15, 0.2) is 0 Å². The zero-order chi connectivity index (χ0) is 14.8. The molecular weight excluding hydrogens is 270 g/mol. The number of hydrogen-bond acceptors (Lipinski definition) is 5. The number of amides is 2. The third-order valence-corrected chi connectivity index (χ3v) is 4.18. The molecule has 1 aromatic rings. The number of fused-ring (bicyclic) bond motifs is 1. The molecule has 0 bridgehead atoms. The Morgan fingerprint density at radius 1 is 1.43 bits per heavy atom. The Hall–Kier alpha value is -1.99. The van der Waals surface area contributed by atoms with Crippen LogP contribution in [0.15, 0.2) is 18.3 Å². The predicted octanol–water partition coefficient (Wildman–Crippen LogP) is -0.508. The zero-order valence-corrected chi connectivity index (χ0v) is 11.8. The molecule has 2 amide bonds. The van der Waals surface area contributed by atoms with Crippen LogP contribution < -0.4 is 11.3 Å². The molecule has 1 unspecified atom stereocenters. The fraction of sp³-hybridized carbons (Fsp3) is 0.500. The minimum Gasteiger partial charge on any atom is -0.337 e. The quantitative estimate of drug-likeness (QED) is 0.444. The molecule has 0 aromatic carbocycles. The normalized spacial score (nSPS) is 22.2. The number of nitrogens with zero attached hydrogens (tertiary/aromatic N) is 3. The molecule has 0 aliphatic carbocycles. The van der Waals surface area contributed by atoms with Crippen molar-refractivity contribution < 1.29 is 9.59 Å². The van der Waals surface area contributed by atoms with Gasteiger partial charge in [-0.1, -0.05) is 0 Å². The van der Waals surface area contributed by atoms with Crippen molar-refractivity contribution in [2.45, 2.75) is 25.4 Å². The first-order chi connectivity index (χ1) is 10.2. The van der Waals surface area contributed by atoms with E-state index in [0.717, 1.165) is 38.3 Å². The van der Waals surface area contributed by atoms with Gasteiger partial charge in [-0.3, -0.25) is 24.9 Å². The maximum atomic E-state index is 11.7. The summed E-state index contributed by atoms with van der Waals surface area (Å²) in [6.45, 7) is 3.31. The van der Waals surface area contributed by atoms with Gasteiger partial charge in [-0.05, 0) is 18.6 Å². The Bertz CT molecular complexity index is 545. The van der Waals surface area contributed by atoms with Crippen molar-refractivity contribution in [1.82, 2.24) is 20.2 Å². The molecule has 0 saturated carbocycles. The molecule has 112 valence electrons. The second-order valence-electron chi connectivity index (χ2n) is 5.53. The molecule has 7 nitrogen and oxygen atoms in total. The number of hydrazine groups is 1. The van der Waals surface area contributed by atoms with Crippen LogP contribution in [-0.2, 0) is 11.3 Å². The number of pyridine rings is 1. The van der Waals surface area contributed by atoms with Crippen LogP contribution >= 0.6 is 0 Å². The largest absolute Gasteiger partial charge is 0.337 e. The summed E-state index contributed by atoms with van der Waals surface area (Å²) in [5.41, 5.74) is 3.45. The molecule has 7 heteroatoms. The van der Waals surface area contributed by atoms with Gasteiger partial charge < -0.3 is 4.90 Å². The molecule has 2 aliphatic rings. The number of nitrogen functional groups attached to an aromatic ring is 1. The predicted molar refractivity (Wildman–Crippen MR) is 75.9 cm³/mol. The number of nitrogens with one attached hydrogen (secondary N) is 1. The van der Waals surface area contributed by atoms with E-state index >= 15 is 0 Å². The van der Waals surface area contributed by atoms with E-state index in [0.29, 0.717) is 18.0 Å². The average molecular weight is 289 g/mol. The van der Waals surface area contributed by atoms with Gasteiger partial charge in [0, 0.05) is 44.8 Å². The van der Waals surface area contributed by atoms with Gasteiger partial charge in [0.25, 0.3) is 5.91 Å². The Morgan fingerprint density at radius 2 is 2.29 bits per heavy atom. The fourth-order valence-electron chi connectivity index (χ4n) is 3.04. The summed E-state index contributed by atoms with van der Waals surface area (Å²) < 4.78 is 0. The summed E-state index contributed by atoms with van der Waals surface area (Å²) in [7, 11) is 0. The first-order valence-corrected chi connectivity index (χ1v) is 7.15. The van der Waals surface area contributed by atoms with Crippen LogP contribution in [0.25, 0.3) is 0 Å². The molecule has 3 rings (SSSR count). The van der Waals surface area contributed by atoms with E-state index in [2.05, 4.69) is 15.3 Å². The highest BCUT2D eigenvalue weighted by Crippen LogP contribution is 2.23. The van der Waals surface area contributed by atoms with E-state index in [1.807, 2.05) is 11.0 Å². The average Bonchev–Trinajstić information content (AvgIpc) is 2.88. The van der Waals surface area contributed by atoms with Crippen molar-refractivity contribution in [3.05, 3.63) is 29.6 Å². The van der Waals surface area contributed by atoms with Gasteiger partial charge >= 0.3 is 0 Å². The van der Waals surface area contributed by atoms with Crippen LogP contribution in [-0.4, -0.2) is 52.3 Å². The van der Waals surface area contributed by atoms with Crippen LogP contribution in [0.2, 0.25) is 0 Å². The zero-order valence-electron chi connectivity index (χ0n) is 11.8. The molecular formula is C14H19N5O2. The van der Waals surface area contributed by atoms with Crippen LogP contribution in [0, 0.1) is 0 Å². The minimum absolute atomic E-state index is 0.287. The topological polar surface area (TPSA) is 91.6 Å². The summed E-state index contributed by atoms with van der Waals surface area (Å²) in [4.78, 5) is 31.6. The van der Waals surface area contributed by atoms with Gasteiger partial charge in [-0.15, -0.1) is 0 Å². The van der Waals surface area contributed by atoms with Crippen LogP contribution in [0.1, 0.15) is 28.9 Å². The van der Waals surface area contributed by atoms with Gasteiger partial charge in [0.05, 0.1) is 11.3 Å². The van der Waals surface area contributed by atoms with Crippen LogP contribution in [0.4, 0.5) is 0 Å². The van der Waals surface area contributed by atoms with E-state index in [-0.39, 0.29) is 11.8 Å². The van der Waals surface area contributed by atoms with Gasteiger partial charge in [-0.25, -0.2) is 5.84 Å². The highest BCUT2D eigenvalue weighted by Gasteiger charge is 2.35. The smallest absolute Gasteiger partial charge is 0.266 e. The van der Waals surface area contributed by atoms with Crippen molar-refractivity contribution in [3.63, 3.8) is 0 Å². The van der Waals surface area contributed by atoms with E-state index in [1.165, 1.54) is 6.20 Å². The highest BCUT2D eigenvalue weighted by atomic mass is 16.2. The lowest BCUT2D eigenvalue weighted by Gasteiger charge is -2.37. The second kappa shape index (κ2) is 5.79. The minimum atomic E-state index is -0.341. The number of carbonyl (C=O) groups is 2. The third kappa shape index (κ3) is 2.88. The fourth-order valence-corrected chi connectivity index (χ4v) is 3.04. The van der Waals surface area contributed by atoms with Crippen molar-refractivity contribution >= 4 is 11.8 Å². The lowest BCUT2D eigenvalue weighted by molar-refractivity contribution is -0.130. The summed E-state index contributed by atoms with van der Waals surface area (Å²) >= 11 is 0. The molecule has 1 atom stereocenters. The number of hydrogen-bond donors (Lipinski definition) is 2. The van der Waals surface area contributed by atoms with Gasteiger partial charge in [0.1, 0.15) is 0 Å². The molecule has 0 radical (unpaired) electrons.